The van der Waals surface area contributed by atoms with Crippen molar-refractivity contribution < 1.29 is 27.8 Å². The molecule has 0 fully saturated rings. The largest absolute Gasteiger partial charge is 0.467 e. The number of rotatable bonds is 2. The molecule has 25 heavy (non-hydrogen) atoms. The summed E-state index contributed by atoms with van der Waals surface area (Å²) in [5.41, 5.74) is -0.221. The summed E-state index contributed by atoms with van der Waals surface area (Å²) < 4.78 is 37.6. The number of nitrogens with zero attached hydrogens (tertiary/aromatic N) is 1. The number of hydrogen-bond donors (Lipinski definition) is 0. The lowest BCUT2D eigenvalue weighted by Crippen LogP contribution is -2.49. The molecule has 0 N–H and O–H groups in total. The lowest BCUT2D eigenvalue weighted by atomic mass is 9.93. The smallest absolute Gasteiger partial charge is 0.411 e. The fourth-order valence-electron chi connectivity index (χ4n) is 2.58. The van der Waals surface area contributed by atoms with Crippen molar-refractivity contribution in [3.05, 3.63) is 41.5 Å². The second-order valence-corrected chi connectivity index (χ2v) is 6.71. The molecule has 0 aliphatic carbocycles. The van der Waals surface area contributed by atoms with Crippen LogP contribution in [0.2, 0.25) is 0 Å². The van der Waals surface area contributed by atoms with E-state index in [0.717, 1.165) is 6.07 Å². The van der Waals surface area contributed by atoms with Crippen LogP contribution < -0.4 is 0 Å². The van der Waals surface area contributed by atoms with E-state index in [1.165, 1.54) is 24.1 Å². The molecule has 7 heteroatoms. The van der Waals surface area contributed by atoms with Gasteiger partial charge in [-0.05, 0) is 32.4 Å². The summed E-state index contributed by atoms with van der Waals surface area (Å²) in [6, 6.07) is 2.87. The predicted octanol–water partition coefficient (Wildman–Crippen LogP) is 3.53. The van der Waals surface area contributed by atoms with Gasteiger partial charge in [0.2, 0.25) is 0 Å². The molecule has 1 aliphatic heterocycles. The van der Waals surface area contributed by atoms with Crippen LogP contribution in [0.15, 0.2) is 24.3 Å². The van der Waals surface area contributed by atoms with Crippen LogP contribution in [0.1, 0.15) is 32.8 Å². The van der Waals surface area contributed by atoms with Gasteiger partial charge in [0.25, 0.3) is 0 Å². The predicted molar refractivity (Wildman–Crippen MR) is 87.7 cm³/mol. The Morgan fingerprint density at radius 2 is 1.92 bits per heavy atom. The first kappa shape index (κ1) is 18.9. The second kappa shape index (κ2) is 7.21. The zero-order valence-corrected chi connectivity index (χ0v) is 14.6. The number of methoxy groups -OCH3 is 1. The molecule has 5 nitrogen and oxygen atoms in total. The highest BCUT2D eigenvalue weighted by Gasteiger charge is 2.36. The summed E-state index contributed by atoms with van der Waals surface area (Å²) in [6.07, 6.45) is 0.922. The van der Waals surface area contributed by atoms with Crippen LogP contribution >= 0.6 is 0 Å². The summed E-state index contributed by atoms with van der Waals surface area (Å²) in [6.45, 7) is 5.17. The van der Waals surface area contributed by atoms with E-state index in [1.807, 2.05) is 0 Å². The average Bonchev–Trinajstić information content (AvgIpc) is 2.54. The number of carbonyl (C=O) groups is 2. The normalized spacial score (nSPS) is 17.8. The van der Waals surface area contributed by atoms with E-state index in [-0.39, 0.29) is 18.5 Å². The summed E-state index contributed by atoms with van der Waals surface area (Å²) in [5, 5.41) is 0. The number of hydrogen-bond acceptors (Lipinski definition) is 4. The molecular weight excluding hydrogens is 332 g/mol. The molecule has 1 aromatic rings. The highest BCUT2D eigenvalue weighted by atomic mass is 19.2. The lowest BCUT2D eigenvalue weighted by molar-refractivity contribution is -0.146. The molecule has 1 aromatic carbocycles. The lowest BCUT2D eigenvalue weighted by Gasteiger charge is -2.34. The molecule has 0 aromatic heterocycles. The van der Waals surface area contributed by atoms with Crippen molar-refractivity contribution in [1.82, 2.24) is 4.90 Å². The fraction of sp³-hybridized carbons (Fsp3) is 0.444. The minimum Gasteiger partial charge on any atom is -0.467 e. The van der Waals surface area contributed by atoms with Gasteiger partial charge in [-0.25, -0.2) is 18.4 Å². The Morgan fingerprint density at radius 1 is 1.24 bits per heavy atom. The second-order valence-electron chi connectivity index (χ2n) is 6.71. The molecule has 1 heterocycles. The molecule has 0 radical (unpaired) electrons. The van der Waals surface area contributed by atoms with Crippen LogP contribution in [0.25, 0.3) is 5.57 Å². The molecular formula is C18H21F2NO4. The zero-order chi connectivity index (χ0) is 18.8. The first-order chi connectivity index (χ1) is 11.6. The number of ether oxygens (including phenoxy) is 2. The number of esters is 1. The van der Waals surface area contributed by atoms with Crippen LogP contribution in [0.5, 0.6) is 0 Å². The van der Waals surface area contributed by atoms with Gasteiger partial charge in [0.15, 0.2) is 11.6 Å². The fourth-order valence-corrected chi connectivity index (χ4v) is 2.58. The Bertz CT molecular complexity index is 710. The molecule has 0 bridgehead atoms. The van der Waals surface area contributed by atoms with Gasteiger partial charge in [-0.2, -0.15) is 0 Å². The van der Waals surface area contributed by atoms with Crippen molar-refractivity contribution in [2.24, 2.45) is 0 Å². The van der Waals surface area contributed by atoms with E-state index in [2.05, 4.69) is 0 Å². The van der Waals surface area contributed by atoms with Gasteiger partial charge < -0.3 is 9.47 Å². The SMILES string of the molecule is COC(=O)[C@H]1CC(c2cccc(F)c2F)=CCN1C(=O)OC(C)(C)C. The maximum Gasteiger partial charge on any atom is 0.411 e. The molecule has 0 spiro atoms. The van der Waals surface area contributed by atoms with Gasteiger partial charge in [0, 0.05) is 18.5 Å². The maximum absolute atomic E-state index is 14.0. The summed E-state index contributed by atoms with van der Waals surface area (Å²) >= 11 is 0. The number of carbonyl (C=O) groups excluding carboxylic acids is 2. The van der Waals surface area contributed by atoms with Crippen LogP contribution in [0.4, 0.5) is 13.6 Å². The third-order valence-electron chi connectivity index (χ3n) is 3.72. The van der Waals surface area contributed by atoms with E-state index in [9.17, 15) is 18.4 Å². The molecule has 1 atom stereocenters. The van der Waals surface area contributed by atoms with Crippen LogP contribution in [0, 0.1) is 11.6 Å². The molecule has 1 aliphatic rings. The van der Waals surface area contributed by atoms with Gasteiger partial charge in [-0.3, -0.25) is 4.90 Å². The molecule has 136 valence electrons. The van der Waals surface area contributed by atoms with Gasteiger partial charge in [-0.1, -0.05) is 18.2 Å². The van der Waals surface area contributed by atoms with Crippen LogP contribution in [0.3, 0.4) is 0 Å². The minimum absolute atomic E-state index is 0.00624. The minimum atomic E-state index is -0.983. The van der Waals surface area contributed by atoms with E-state index in [4.69, 9.17) is 9.47 Å². The Balaban J connectivity index is 2.33. The number of amides is 1. The van der Waals surface area contributed by atoms with Crippen molar-refractivity contribution in [3.63, 3.8) is 0 Å². The van der Waals surface area contributed by atoms with Crippen molar-refractivity contribution in [3.8, 4) is 0 Å². The Labute approximate surface area is 145 Å². The monoisotopic (exact) mass is 353 g/mol. The van der Waals surface area contributed by atoms with Crippen LogP contribution in [-0.2, 0) is 14.3 Å². The van der Waals surface area contributed by atoms with Gasteiger partial charge >= 0.3 is 12.1 Å². The topological polar surface area (TPSA) is 55.8 Å². The number of benzene rings is 1. The van der Waals surface area contributed by atoms with E-state index >= 15 is 0 Å². The van der Waals surface area contributed by atoms with E-state index in [0.29, 0.717) is 5.57 Å². The Morgan fingerprint density at radius 3 is 2.52 bits per heavy atom. The number of halogens is 2. The standard InChI is InChI=1S/C18H21F2NO4/c1-18(2,3)25-17(23)21-9-8-11(10-14(21)16(22)24-4)12-6-5-7-13(19)15(12)20/h5-8,14H,9-10H2,1-4H3/t14-/m1/s1. The van der Waals surface area contributed by atoms with E-state index < -0.39 is 35.3 Å². The third kappa shape index (κ3) is 4.35. The van der Waals surface area contributed by atoms with Gasteiger partial charge in [-0.15, -0.1) is 0 Å². The van der Waals surface area contributed by atoms with Crippen molar-refractivity contribution >= 4 is 17.6 Å². The summed E-state index contributed by atoms with van der Waals surface area (Å²) in [7, 11) is 1.20. The van der Waals surface area contributed by atoms with Gasteiger partial charge in [0.05, 0.1) is 7.11 Å². The average molecular weight is 353 g/mol. The van der Waals surface area contributed by atoms with Crippen molar-refractivity contribution in [2.75, 3.05) is 13.7 Å². The summed E-state index contributed by atoms with van der Waals surface area (Å²) in [5.74, 6) is -2.60. The summed E-state index contributed by atoms with van der Waals surface area (Å²) in [4.78, 5) is 25.7. The first-order valence-corrected chi connectivity index (χ1v) is 7.85. The van der Waals surface area contributed by atoms with Crippen molar-refractivity contribution in [1.29, 1.82) is 0 Å². The quantitative estimate of drug-likeness (QED) is 0.763. The highest BCUT2D eigenvalue weighted by Crippen LogP contribution is 2.30. The van der Waals surface area contributed by atoms with Crippen LogP contribution in [-0.4, -0.2) is 42.3 Å². The zero-order valence-electron chi connectivity index (χ0n) is 14.6. The van der Waals surface area contributed by atoms with Crippen molar-refractivity contribution in [2.45, 2.75) is 38.8 Å². The molecule has 0 saturated carbocycles. The third-order valence-corrected chi connectivity index (χ3v) is 3.72. The Kier molecular flexibility index (Phi) is 5.45. The Hall–Kier alpha value is -2.44. The molecule has 1 amide bonds. The first-order valence-electron chi connectivity index (χ1n) is 7.85. The molecule has 2 rings (SSSR count). The molecule has 0 saturated heterocycles. The van der Waals surface area contributed by atoms with E-state index in [1.54, 1.807) is 26.8 Å². The molecule has 0 unspecified atom stereocenters. The maximum atomic E-state index is 14.0. The van der Waals surface area contributed by atoms with Gasteiger partial charge in [0.1, 0.15) is 11.6 Å². The highest BCUT2D eigenvalue weighted by molar-refractivity contribution is 5.86.